The number of pyridine rings is 1. The minimum atomic E-state index is -4.23. The Hall–Kier alpha value is -1.24. The van der Waals surface area contributed by atoms with Crippen molar-refractivity contribution < 1.29 is 22.3 Å². The van der Waals surface area contributed by atoms with Crippen LogP contribution in [0.4, 0.5) is 23.2 Å². The van der Waals surface area contributed by atoms with Crippen LogP contribution in [0.3, 0.4) is 0 Å². The molecule has 0 radical (unpaired) electrons. The second-order valence-electron chi connectivity index (χ2n) is 3.11. The molecule has 1 N–H and O–H groups in total. The zero-order valence-electron chi connectivity index (χ0n) is 8.68. The van der Waals surface area contributed by atoms with Crippen LogP contribution in [0.25, 0.3) is 0 Å². The maximum atomic E-state index is 12.6. The molecule has 0 aliphatic carbocycles. The van der Waals surface area contributed by atoms with Crippen molar-refractivity contribution >= 4 is 17.3 Å². The predicted octanol–water partition coefficient (Wildman–Crippen LogP) is 3.06. The predicted molar refractivity (Wildman–Crippen MR) is 55.2 cm³/mol. The van der Waals surface area contributed by atoms with Crippen LogP contribution in [-0.2, 0) is 0 Å². The van der Waals surface area contributed by atoms with Crippen LogP contribution in [0.1, 0.15) is 0 Å². The molecule has 0 amide bonds. The fraction of sp³-hybridized carbons (Fsp3) is 0.444. The molecular weight excluding hydrogens is 264 g/mol. The van der Waals surface area contributed by atoms with Crippen LogP contribution in [0.2, 0.25) is 5.02 Å². The average Bonchev–Trinajstić information content (AvgIpc) is 2.27. The summed E-state index contributed by atoms with van der Waals surface area (Å²) in [5, 5.41) is 2.68. The number of hydrogen-bond donors (Lipinski definition) is 1. The number of nitrogens with one attached hydrogen (secondary N) is 1. The van der Waals surface area contributed by atoms with E-state index in [1.165, 1.54) is 12.3 Å². The van der Waals surface area contributed by atoms with Crippen molar-refractivity contribution in [3.05, 3.63) is 17.3 Å². The zero-order valence-corrected chi connectivity index (χ0v) is 9.44. The molecule has 0 saturated carbocycles. The average molecular weight is 273 g/mol. The highest BCUT2D eigenvalue weighted by Gasteiger charge is 2.42. The number of nitrogens with zero attached hydrogens (tertiary/aromatic N) is 1. The third kappa shape index (κ3) is 3.62. The van der Waals surface area contributed by atoms with Crippen molar-refractivity contribution in [2.45, 2.75) is 12.3 Å². The molecule has 1 heterocycles. The van der Waals surface area contributed by atoms with E-state index in [2.05, 4.69) is 15.0 Å². The number of halogens is 5. The lowest BCUT2D eigenvalue weighted by Crippen LogP contribution is -2.33. The minimum absolute atomic E-state index is 0.0399. The Morgan fingerprint density at radius 1 is 1.53 bits per heavy atom. The van der Waals surface area contributed by atoms with Gasteiger partial charge < -0.3 is 10.1 Å². The summed E-state index contributed by atoms with van der Waals surface area (Å²) in [6.45, 7) is -1.48. The summed E-state index contributed by atoms with van der Waals surface area (Å²) in [4.78, 5) is 3.62. The quantitative estimate of drug-likeness (QED) is 0.837. The SMILES string of the molecule is CNc1cnc(OCC(F)(F)C(F)F)c(Cl)c1. The van der Waals surface area contributed by atoms with Crippen molar-refractivity contribution in [2.24, 2.45) is 0 Å². The summed E-state index contributed by atoms with van der Waals surface area (Å²) >= 11 is 5.66. The molecule has 1 aromatic rings. The van der Waals surface area contributed by atoms with E-state index in [4.69, 9.17) is 11.6 Å². The molecule has 0 aliphatic rings. The standard InChI is InChI=1S/C9H9ClF4N2O/c1-15-5-2-6(10)7(16-3-5)17-4-9(13,14)8(11)12/h2-3,8,15H,4H2,1H3. The van der Waals surface area contributed by atoms with Crippen LogP contribution in [0, 0.1) is 0 Å². The molecule has 0 atom stereocenters. The number of anilines is 1. The molecule has 0 spiro atoms. The Kier molecular flexibility index (Phi) is 4.39. The van der Waals surface area contributed by atoms with E-state index in [1.54, 1.807) is 7.05 Å². The van der Waals surface area contributed by atoms with E-state index in [0.29, 0.717) is 5.69 Å². The van der Waals surface area contributed by atoms with Crippen LogP contribution in [0.15, 0.2) is 12.3 Å². The smallest absolute Gasteiger partial charge is 0.340 e. The van der Waals surface area contributed by atoms with Crippen LogP contribution >= 0.6 is 11.6 Å². The first-order chi connectivity index (χ1) is 7.86. The van der Waals surface area contributed by atoms with Gasteiger partial charge in [-0.3, -0.25) is 0 Å². The molecule has 0 aromatic carbocycles. The van der Waals surface area contributed by atoms with Gasteiger partial charge in [-0.25, -0.2) is 13.8 Å². The first kappa shape index (κ1) is 13.8. The molecule has 0 unspecified atom stereocenters. The van der Waals surface area contributed by atoms with Crippen molar-refractivity contribution in [3.8, 4) is 5.88 Å². The Bertz CT molecular complexity index is 389. The summed E-state index contributed by atoms with van der Waals surface area (Å²) in [5.74, 6) is -4.54. The number of ether oxygens (including phenoxy) is 1. The van der Waals surface area contributed by atoms with E-state index in [0.717, 1.165) is 0 Å². The highest BCUT2D eigenvalue weighted by molar-refractivity contribution is 6.32. The molecule has 0 aliphatic heterocycles. The number of rotatable bonds is 5. The van der Waals surface area contributed by atoms with Crippen LogP contribution in [0.5, 0.6) is 5.88 Å². The van der Waals surface area contributed by atoms with E-state index >= 15 is 0 Å². The van der Waals surface area contributed by atoms with Gasteiger partial charge in [-0.2, -0.15) is 8.78 Å². The first-order valence-electron chi connectivity index (χ1n) is 4.49. The highest BCUT2D eigenvalue weighted by Crippen LogP contribution is 2.28. The van der Waals surface area contributed by atoms with Crippen molar-refractivity contribution in [2.75, 3.05) is 19.0 Å². The lowest BCUT2D eigenvalue weighted by atomic mass is 10.4. The van der Waals surface area contributed by atoms with Crippen molar-refractivity contribution in [1.29, 1.82) is 0 Å². The van der Waals surface area contributed by atoms with Gasteiger partial charge in [0.1, 0.15) is 5.02 Å². The normalized spacial score (nSPS) is 11.7. The van der Waals surface area contributed by atoms with Gasteiger partial charge in [0.2, 0.25) is 5.88 Å². The molecule has 1 rings (SSSR count). The second-order valence-corrected chi connectivity index (χ2v) is 3.52. The Morgan fingerprint density at radius 2 is 2.18 bits per heavy atom. The van der Waals surface area contributed by atoms with Crippen LogP contribution in [-0.4, -0.2) is 31.0 Å². The summed E-state index contributed by atoms with van der Waals surface area (Å²) in [5.41, 5.74) is 0.544. The van der Waals surface area contributed by atoms with Gasteiger partial charge in [0.05, 0.1) is 11.9 Å². The molecular formula is C9H9ClF4N2O. The monoisotopic (exact) mass is 272 g/mol. The molecule has 8 heteroatoms. The molecule has 0 fully saturated rings. The fourth-order valence-corrected chi connectivity index (χ4v) is 1.12. The zero-order chi connectivity index (χ0) is 13.1. The molecule has 17 heavy (non-hydrogen) atoms. The van der Waals surface area contributed by atoms with Gasteiger partial charge in [-0.05, 0) is 6.07 Å². The molecule has 0 bridgehead atoms. The summed E-state index contributed by atoms with van der Waals surface area (Å²) < 4.78 is 53.2. The summed E-state index contributed by atoms with van der Waals surface area (Å²) in [7, 11) is 1.61. The Morgan fingerprint density at radius 3 is 2.65 bits per heavy atom. The highest BCUT2D eigenvalue weighted by atomic mass is 35.5. The lowest BCUT2D eigenvalue weighted by Gasteiger charge is -2.16. The van der Waals surface area contributed by atoms with Gasteiger partial charge in [-0.1, -0.05) is 11.6 Å². The molecule has 96 valence electrons. The number of alkyl halides is 4. The third-order valence-electron chi connectivity index (χ3n) is 1.82. The fourth-order valence-electron chi connectivity index (χ4n) is 0.896. The Balaban J connectivity index is 2.70. The molecule has 3 nitrogen and oxygen atoms in total. The molecule has 1 aromatic heterocycles. The van der Waals surface area contributed by atoms with Crippen molar-refractivity contribution in [1.82, 2.24) is 4.98 Å². The van der Waals surface area contributed by atoms with Crippen LogP contribution < -0.4 is 10.1 Å². The van der Waals surface area contributed by atoms with Crippen molar-refractivity contribution in [3.63, 3.8) is 0 Å². The maximum Gasteiger partial charge on any atom is 0.340 e. The Labute approximate surface area is 99.7 Å². The number of aromatic nitrogens is 1. The van der Waals surface area contributed by atoms with Gasteiger partial charge in [0, 0.05) is 7.05 Å². The van der Waals surface area contributed by atoms with Gasteiger partial charge >= 0.3 is 12.3 Å². The summed E-state index contributed by atoms with van der Waals surface area (Å²) in [6, 6.07) is 1.38. The minimum Gasteiger partial charge on any atom is -0.470 e. The van der Waals surface area contributed by atoms with E-state index in [9.17, 15) is 17.6 Å². The van der Waals surface area contributed by atoms with E-state index < -0.39 is 19.0 Å². The van der Waals surface area contributed by atoms with Gasteiger partial charge in [0.15, 0.2) is 6.61 Å². The largest absolute Gasteiger partial charge is 0.470 e. The maximum absolute atomic E-state index is 12.6. The first-order valence-corrected chi connectivity index (χ1v) is 4.86. The summed E-state index contributed by atoms with van der Waals surface area (Å²) in [6.07, 6.45) is -2.51. The van der Waals surface area contributed by atoms with Gasteiger partial charge in [0.25, 0.3) is 0 Å². The van der Waals surface area contributed by atoms with E-state index in [-0.39, 0.29) is 10.9 Å². The van der Waals surface area contributed by atoms with E-state index in [1.807, 2.05) is 0 Å². The lowest BCUT2D eigenvalue weighted by molar-refractivity contribution is -0.148. The number of hydrogen-bond acceptors (Lipinski definition) is 3. The third-order valence-corrected chi connectivity index (χ3v) is 2.09. The van der Waals surface area contributed by atoms with Gasteiger partial charge in [-0.15, -0.1) is 0 Å². The molecule has 0 saturated heterocycles. The second kappa shape index (κ2) is 5.39. The topological polar surface area (TPSA) is 34.2 Å².